The van der Waals surface area contributed by atoms with Crippen molar-refractivity contribution in [1.29, 1.82) is 0 Å². The highest BCUT2D eigenvalue weighted by Gasteiger charge is 2.18. The van der Waals surface area contributed by atoms with Crippen LogP contribution in [-0.4, -0.2) is 45.4 Å². The molecule has 0 radical (unpaired) electrons. The molecular weight excluding hydrogens is 404 g/mol. The number of ether oxygens (including phenoxy) is 1. The van der Waals surface area contributed by atoms with Crippen molar-refractivity contribution < 1.29 is 9.53 Å². The quantitative estimate of drug-likeness (QED) is 0.580. The third-order valence-corrected chi connectivity index (χ3v) is 5.78. The fourth-order valence-corrected chi connectivity index (χ4v) is 4.10. The van der Waals surface area contributed by atoms with E-state index in [1.54, 1.807) is 6.33 Å². The first-order valence-corrected chi connectivity index (χ1v) is 11.2. The molecule has 1 fully saturated rings. The number of carbonyl (C=O) groups excluding carboxylic acids is 1. The Kier molecular flexibility index (Phi) is 6.68. The molecule has 0 unspecified atom stereocenters. The van der Waals surface area contributed by atoms with Crippen molar-refractivity contribution in [2.45, 2.75) is 46.5 Å². The van der Waals surface area contributed by atoms with Gasteiger partial charge in [0.15, 0.2) is 5.82 Å². The fraction of sp³-hybridized carbons (Fsp3) is 0.417. The Labute approximate surface area is 188 Å². The van der Waals surface area contributed by atoms with E-state index in [4.69, 9.17) is 9.84 Å². The van der Waals surface area contributed by atoms with Crippen molar-refractivity contribution in [1.82, 2.24) is 19.7 Å². The van der Waals surface area contributed by atoms with Gasteiger partial charge in [0.05, 0.1) is 12.3 Å². The highest BCUT2D eigenvalue weighted by Crippen LogP contribution is 2.23. The Morgan fingerprint density at radius 2 is 1.81 bits per heavy atom. The van der Waals surface area contributed by atoms with Crippen LogP contribution in [0, 0.1) is 13.8 Å². The Hall–Kier alpha value is -3.42. The summed E-state index contributed by atoms with van der Waals surface area (Å²) in [5, 5.41) is 7.65. The molecule has 1 aromatic carbocycles. The van der Waals surface area contributed by atoms with Gasteiger partial charge in [-0.15, -0.1) is 0 Å². The number of aromatic nitrogens is 4. The number of nitrogens with one attached hydrogen (secondary N) is 1. The molecule has 0 spiro atoms. The monoisotopic (exact) mass is 434 g/mol. The second kappa shape index (κ2) is 9.80. The van der Waals surface area contributed by atoms with Crippen molar-refractivity contribution in [2.24, 2.45) is 0 Å². The van der Waals surface area contributed by atoms with Gasteiger partial charge < -0.3 is 15.0 Å². The van der Waals surface area contributed by atoms with Gasteiger partial charge in [0, 0.05) is 37.0 Å². The number of nitrogens with zero attached hydrogens (tertiary/aromatic N) is 5. The average Bonchev–Trinajstić information content (AvgIpc) is 3.43. The lowest BCUT2D eigenvalue weighted by Gasteiger charge is -2.16. The van der Waals surface area contributed by atoms with Crippen LogP contribution in [0.4, 0.5) is 11.5 Å². The summed E-state index contributed by atoms with van der Waals surface area (Å²) in [5.74, 6) is 2.46. The molecule has 0 bridgehead atoms. The normalized spacial score (nSPS) is 13.4. The minimum atomic E-state index is -0.0286. The van der Waals surface area contributed by atoms with E-state index >= 15 is 0 Å². The lowest BCUT2D eigenvalue weighted by atomic mass is 10.1. The molecule has 2 aromatic heterocycles. The Bertz CT molecular complexity index is 1070. The van der Waals surface area contributed by atoms with Crippen LogP contribution in [0.15, 0.2) is 36.7 Å². The molecule has 4 rings (SSSR count). The predicted octanol–water partition coefficient (Wildman–Crippen LogP) is 3.85. The van der Waals surface area contributed by atoms with Crippen LogP contribution < -0.4 is 15.0 Å². The minimum Gasteiger partial charge on any atom is -0.494 e. The number of rotatable bonds is 8. The van der Waals surface area contributed by atoms with E-state index in [9.17, 15) is 4.79 Å². The summed E-state index contributed by atoms with van der Waals surface area (Å²) in [6.45, 7) is 8.62. The second-order valence-electron chi connectivity index (χ2n) is 8.00. The third-order valence-electron chi connectivity index (χ3n) is 5.78. The number of hydrogen-bond donors (Lipinski definition) is 1. The smallest absolute Gasteiger partial charge is 0.224 e. The molecule has 0 saturated carbocycles. The molecular formula is C24H30N6O2. The number of hydrogen-bond acceptors (Lipinski definition) is 6. The zero-order chi connectivity index (χ0) is 22.5. The standard InChI is InChI=1S/C24H30N6O2/c1-4-32-20-9-7-19(8-10-20)27-24(31)12-11-21-17(2)28-30(18(21)3)23-15-22(25-16-26-23)29-13-5-6-14-29/h7-10,15-16H,4-6,11-14H2,1-3H3,(H,27,31). The molecule has 168 valence electrons. The van der Waals surface area contributed by atoms with E-state index < -0.39 is 0 Å². The van der Waals surface area contributed by atoms with E-state index in [2.05, 4.69) is 20.2 Å². The van der Waals surface area contributed by atoms with Gasteiger partial charge in [0.2, 0.25) is 5.91 Å². The summed E-state index contributed by atoms with van der Waals surface area (Å²) in [4.78, 5) is 23.6. The number of benzene rings is 1. The van der Waals surface area contributed by atoms with Gasteiger partial charge in [-0.05, 0) is 69.9 Å². The highest BCUT2D eigenvalue weighted by atomic mass is 16.5. The molecule has 1 N–H and O–H groups in total. The average molecular weight is 435 g/mol. The number of aryl methyl sites for hydroxylation is 1. The van der Waals surface area contributed by atoms with Crippen molar-refractivity contribution in [3.05, 3.63) is 53.6 Å². The van der Waals surface area contributed by atoms with Crippen LogP contribution in [0.1, 0.15) is 43.1 Å². The fourth-order valence-electron chi connectivity index (χ4n) is 4.10. The maximum atomic E-state index is 12.5. The van der Waals surface area contributed by atoms with Crippen molar-refractivity contribution in [3.63, 3.8) is 0 Å². The lowest BCUT2D eigenvalue weighted by Crippen LogP contribution is -2.19. The number of carbonyl (C=O) groups is 1. The van der Waals surface area contributed by atoms with E-state index in [-0.39, 0.29) is 5.91 Å². The molecule has 8 heteroatoms. The largest absolute Gasteiger partial charge is 0.494 e. The molecule has 32 heavy (non-hydrogen) atoms. The number of amides is 1. The van der Waals surface area contributed by atoms with E-state index in [0.717, 1.165) is 53.1 Å². The van der Waals surface area contributed by atoms with Gasteiger partial charge in [0.1, 0.15) is 17.9 Å². The van der Waals surface area contributed by atoms with Crippen LogP contribution in [-0.2, 0) is 11.2 Å². The minimum absolute atomic E-state index is 0.0286. The van der Waals surface area contributed by atoms with Gasteiger partial charge in [0.25, 0.3) is 0 Å². The van der Waals surface area contributed by atoms with Crippen LogP contribution in [0.25, 0.3) is 5.82 Å². The first-order valence-electron chi connectivity index (χ1n) is 11.2. The second-order valence-corrected chi connectivity index (χ2v) is 8.00. The lowest BCUT2D eigenvalue weighted by molar-refractivity contribution is -0.116. The van der Waals surface area contributed by atoms with Crippen LogP contribution >= 0.6 is 0 Å². The Balaban J connectivity index is 1.42. The summed E-state index contributed by atoms with van der Waals surface area (Å²) in [6, 6.07) is 9.41. The van der Waals surface area contributed by atoms with Gasteiger partial charge in [-0.1, -0.05) is 0 Å². The summed E-state index contributed by atoms with van der Waals surface area (Å²) >= 11 is 0. The Morgan fingerprint density at radius 3 is 2.53 bits per heavy atom. The topological polar surface area (TPSA) is 85.2 Å². The predicted molar refractivity (Wildman–Crippen MR) is 125 cm³/mol. The van der Waals surface area contributed by atoms with Gasteiger partial charge in [-0.25, -0.2) is 14.6 Å². The molecule has 3 aromatic rings. The first-order chi connectivity index (χ1) is 15.5. The van der Waals surface area contributed by atoms with Crippen LogP contribution in [0.3, 0.4) is 0 Å². The molecule has 3 heterocycles. The van der Waals surface area contributed by atoms with Crippen LogP contribution in [0.2, 0.25) is 0 Å². The zero-order valence-corrected chi connectivity index (χ0v) is 19.0. The van der Waals surface area contributed by atoms with Crippen molar-refractivity contribution in [3.8, 4) is 11.6 Å². The molecule has 1 aliphatic heterocycles. The summed E-state index contributed by atoms with van der Waals surface area (Å²) in [6.07, 6.45) is 4.99. The van der Waals surface area contributed by atoms with Gasteiger partial charge in [-0.3, -0.25) is 4.79 Å². The highest BCUT2D eigenvalue weighted by molar-refractivity contribution is 5.90. The maximum Gasteiger partial charge on any atom is 0.224 e. The molecule has 0 aliphatic carbocycles. The summed E-state index contributed by atoms with van der Waals surface area (Å²) in [7, 11) is 0. The van der Waals surface area contributed by atoms with E-state index in [0.29, 0.717) is 19.4 Å². The molecule has 1 aliphatic rings. The molecule has 1 amide bonds. The van der Waals surface area contributed by atoms with E-state index in [1.807, 2.05) is 55.8 Å². The van der Waals surface area contributed by atoms with Crippen molar-refractivity contribution in [2.75, 3.05) is 29.9 Å². The number of anilines is 2. The summed E-state index contributed by atoms with van der Waals surface area (Å²) in [5.41, 5.74) is 3.76. The third kappa shape index (κ3) is 4.90. The maximum absolute atomic E-state index is 12.5. The summed E-state index contributed by atoms with van der Waals surface area (Å²) < 4.78 is 7.30. The van der Waals surface area contributed by atoms with Crippen molar-refractivity contribution >= 4 is 17.4 Å². The van der Waals surface area contributed by atoms with Crippen LogP contribution in [0.5, 0.6) is 5.75 Å². The zero-order valence-electron chi connectivity index (χ0n) is 19.0. The Morgan fingerprint density at radius 1 is 1.09 bits per heavy atom. The molecule has 1 saturated heterocycles. The van der Waals surface area contributed by atoms with E-state index in [1.165, 1.54) is 12.8 Å². The van der Waals surface area contributed by atoms with Gasteiger partial charge in [-0.2, -0.15) is 5.10 Å². The SMILES string of the molecule is CCOc1ccc(NC(=O)CCc2c(C)nn(-c3cc(N4CCCC4)ncn3)c2C)cc1. The molecule has 8 nitrogen and oxygen atoms in total. The molecule has 0 atom stereocenters. The van der Waals surface area contributed by atoms with Gasteiger partial charge >= 0.3 is 0 Å². The first kappa shape index (κ1) is 21.8.